The Labute approximate surface area is 131 Å². The highest BCUT2D eigenvalue weighted by Crippen LogP contribution is 2.15. The molecule has 0 atom stereocenters. The minimum atomic E-state index is -3.22. The van der Waals surface area contributed by atoms with Crippen molar-refractivity contribution in [3.05, 3.63) is 40.9 Å². The molecule has 116 valence electrons. The van der Waals surface area contributed by atoms with E-state index in [4.69, 9.17) is 11.6 Å². The van der Waals surface area contributed by atoms with Crippen LogP contribution in [0.4, 0.5) is 0 Å². The van der Waals surface area contributed by atoms with Gasteiger partial charge in [0.05, 0.1) is 10.5 Å². The molecule has 0 aliphatic rings. The van der Waals surface area contributed by atoms with Crippen LogP contribution in [0.1, 0.15) is 26.3 Å². The van der Waals surface area contributed by atoms with Crippen LogP contribution in [0.15, 0.2) is 30.3 Å². The van der Waals surface area contributed by atoms with Crippen LogP contribution in [0.25, 0.3) is 6.08 Å². The Morgan fingerprint density at radius 3 is 2.33 bits per heavy atom. The van der Waals surface area contributed by atoms with Crippen molar-refractivity contribution in [3.63, 3.8) is 0 Å². The van der Waals surface area contributed by atoms with Gasteiger partial charge in [-0.15, -0.1) is 0 Å². The third kappa shape index (κ3) is 5.89. The van der Waals surface area contributed by atoms with Crippen LogP contribution in [0.3, 0.4) is 0 Å². The average Bonchev–Trinajstić information content (AvgIpc) is 2.36. The highest BCUT2D eigenvalue weighted by atomic mass is 35.5. The van der Waals surface area contributed by atoms with Gasteiger partial charge in [0.1, 0.15) is 0 Å². The van der Waals surface area contributed by atoms with Gasteiger partial charge >= 0.3 is 0 Å². The average molecular weight is 330 g/mol. The molecule has 1 aromatic rings. The zero-order chi connectivity index (χ0) is 16.1. The summed E-state index contributed by atoms with van der Waals surface area (Å²) in [6.07, 6.45) is 3.01. The fourth-order valence-electron chi connectivity index (χ4n) is 1.42. The van der Waals surface area contributed by atoms with E-state index in [1.54, 1.807) is 51.1 Å². The maximum absolute atomic E-state index is 11.9. The summed E-state index contributed by atoms with van der Waals surface area (Å²) in [5.41, 5.74) is 0.844. The molecule has 1 N–H and O–H groups in total. The summed E-state index contributed by atoms with van der Waals surface area (Å²) in [5, 5.41) is 3.19. The van der Waals surface area contributed by atoms with Gasteiger partial charge in [0.25, 0.3) is 0 Å². The highest BCUT2D eigenvalue weighted by Gasteiger charge is 2.28. The van der Waals surface area contributed by atoms with Crippen molar-refractivity contribution >= 4 is 33.4 Å². The molecule has 1 rings (SSSR count). The Kier molecular flexibility index (Phi) is 5.98. The van der Waals surface area contributed by atoms with E-state index in [1.165, 1.54) is 6.08 Å². The maximum Gasteiger partial charge on any atom is 0.244 e. The molecule has 0 heterocycles. The fraction of sp³-hybridized carbons (Fsp3) is 0.400. The first kappa shape index (κ1) is 17.7. The minimum absolute atomic E-state index is 0.0724. The van der Waals surface area contributed by atoms with E-state index in [-0.39, 0.29) is 18.2 Å². The van der Waals surface area contributed by atoms with Gasteiger partial charge in [-0.3, -0.25) is 4.79 Å². The summed E-state index contributed by atoms with van der Waals surface area (Å²) in [5.74, 6) is -0.397. The molecule has 6 heteroatoms. The summed E-state index contributed by atoms with van der Waals surface area (Å²) >= 11 is 5.76. The van der Waals surface area contributed by atoms with Gasteiger partial charge in [-0.25, -0.2) is 8.42 Å². The Morgan fingerprint density at radius 1 is 1.24 bits per heavy atom. The lowest BCUT2D eigenvalue weighted by Gasteiger charge is -2.18. The fourth-order valence-corrected chi connectivity index (χ4v) is 2.53. The third-order valence-corrected chi connectivity index (χ3v) is 5.76. The largest absolute Gasteiger partial charge is 0.352 e. The highest BCUT2D eigenvalue weighted by molar-refractivity contribution is 7.92. The van der Waals surface area contributed by atoms with Crippen molar-refractivity contribution < 1.29 is 13.2 Å². The molecule has 0 radical (unpaired) electrons. The van der Waals surface area contributed by atoms with Gasteiger partial charge in [0, 0.05) is 17.6 Å². The molecule has 0 bridgehead atoms. The molecule has 0 saturated heterocycles. The molecule has 1 amide bonds. The molecular formula is C15H20ClNO3S. The third-order valence-electron chi connectivity index (χ3n) is 2.90. The molecule has 0 fully saturated rings. The Morgan fingerprint density at radius 2 is 1.81 bits per heavy atom. The van der Waals surface area contributed by atoms with E-state index in [1.807, 2.05) is 0 Å². The number of rotatable bonds is 5. The smallest absolute Gasteiger partial charge is 0.244 e. The number of amides is 1. The second kappa shape index (κ2) is 7.09. The summed E-state index contributed by atoms with van der Waals surface area (Å²) < 4.78 is 22.9. The predicted molar refractivity (Wildman–Crippen MR) is 87.0 cm³/mol. The number of sulfone groups is 1. The van der Waals surface area contributed by atoms with Crippen molar-refractivity contribution in [2.45, 2.75) is 25.5 Å². The summed E-state index contributed by atoms with van der Waals surface area (Å²) in [4.78, 5) is 11.6. The number of halogens is 1. The summed E-state index contributed by atoms with van der Waals surface area (Å²) in [7, 11) is -3.22. The number of benzene rings is 1. The number of nitrogens with one attached hydrogen (secondary N) is 1. The predicted octanol–water partition coefficient (Wildman–Crippen LogP) is 2.68. The molecule has 0 aliphatic carbocycles. The van der Waals surface area contributed by atoms with Gasteiger partial charge in [-0.05, 0) is 44.5 Å². The van der Waals surface area contributed by atoms with Crippen LogP contribution >= 0.6 is 11.6 Å². The number of carbonyl (C=O) groups excluding carboxylic acids is 1. The monoisotopic (exact) mass is 329 g/mol. The summed E-state index contributed by atoms with van der Waals surface area (Å²) in [6, 6.07) is 7.04. The molecule has 0 saturated carbocycles. The quantitative estimate of drug-likeness (QED) is 0.845. The van der Waals surface area contributed by atoms with Crippen molar-refractivity contribution in [1.82, 2.24) is 5.32 Å². The molecule has 4 nitrogen and oxygen atoms in total. The second-order valence-electron chi connectivity index (χ2n) is 5.61. The Hall–Kier alpha value is -1.33. The first-order chi connectivity index (χ1) is 9.62. The standard InChI is InChI=1S/C15H20ClNO3S/c1-15(2,3)21(19,20)11-10-17-14(18)9-6-12-4-7-13(16)8-5-12/h4-9H,10-11H2,1-3H3,(H,17,18). The number of hydrogen-bond donors (Lipinski definition) is 1. The first-order valence-electron chi connectivity index (χ1n) is 6.55. The van der Waals surface area contributed by atoms with Crippen LogP contribution in [-0.4, -0.2) is 31.4 Å². The zero-order valence-electron chi connectivity index (χ0n) is 12.4. The van der Waals surface area contributed by atoms with E-state index in [9.17, 15) is 13.2 Å². The molecule has 1 aromatic carbocycles. The van der Waals surface area contributed by atoms with Gasteiger partial charge in [-0.2, -0.15) is 0 Å². The molecular weight excluding hydrogens is 310 g/mol. The number of carbonyl (C=O) groups is 1. The lowest BCUT2D eigenvalue weighted by molar-refractivity contribution is -0.116. The second-order valence-corrected chi connectivity index (χ2v) is 8.91. The van der Waals surface area contributed by atoms with Gasteiger partial charge in [0.2, 0.25) is 5.91 Å². The van der Waals surface area contributed by atoms with Gasteiger partial charge in [0.15, 0.2) is 9.84 Å². The molecule has 0 spiro atoms. The van der Waals surface area contributed by atoms with Crippen molar-refractivity contribution in [3.8, 4) is 0 Å². The Bertz CT molecular complexity index is 613. The zero-order valence-corrected chi connectivity index (χ0v) is 14.0. The lowest BCUT2D eigenvalue weighted by atomic mass is 10.2. The SMILES string of the molecule is CC(C)(C)S(=O)(=O)CCNC(=O)C=Cc1ccc(Cl)cc1. The van der Waals surface area contributed by atoms with Crippen LogP contribution in [-0.2, 0) is 14.6 Å². The van der Waals surface area contributed by atoms with Crippen LogP contribution in [0.5, 0.6) is 0 Å². The van der Waals surface area contributed by atoms with Gasteiger partial charge < -0.3 is 5.32 Å². The van der Waals surface area contributed by atoms with E-state index in [2.05, 4.69) is 5.32 Å². The normalized spacial score (nSPS) is 12.6. The van der Waals surface area contributed by atoms with Crippen LogP contribution in [0.2, 0.25) is 5.02 Å². The van der Waals surface area contributed by atoms with Gasteiger partial charge in [-0.1, -0.05) is 23.7 Å². The van der Waals surface area contributed by atoms with Crippen molar-refractivity contribution in [1.29, 1.82) is 0 Å². The van der Waals surface area contributed by atoms with E-state index in [0.29, 0.717) is 5.02 Å². The van der Waals surface area contributed by atoms with Crippen LogP contribution in [0, 0.1) is 0 Å². The topological polar surface area (TPSA) is 63.2 Å². The summed E-state index contributed by atoms with van der Waals surface area (Å²) in [6.45, 7) is 5.03. The molecule has 21 heavy (non-hydrogen) atoms. The first-order valence-corrected chi connectivity index (χ1v) is 8.59. The van der Waals surface area contributed by atoms with E-state index >= 15 is 0 Å². The molecule has 0 aromatic heterocycles. The number of hydrogen-bond acceptors (Lipinski definition) is 3. The van der Waals surface area contributed by atoms with Crippen LogP contribution < -0.4 is 5.32 Å². The van der Waals surface area contributed by atoms with Crippen molar-refractivity contribution in [2.75, 3.05) is 12.3 Å². The maximum atomic E-state index is 11.9. The van der Waals surface area contributed by atoms with E-state index in [0.717, 1.165) is 5.56 Å². The van der Waals surface area contributed by atoms with Crippen molar-refractivity contribution in [2.24, 2.45) is 0 Å². The molecule has 0 unspecified atom stereocenters. The lowest BCUT2D eigenvalue weighted by Crippen LogP contribution is -2.36. The minimum Gasteiger partial charge on any atom is -0.352 e. The Balaban J connectivity index is 2.47. The molecule has 0 aliphatic heterocycles. The van der Waals surface area contributed by atoms with E-state index < -0.39 is 14.6 Å².